The molecule has 106 valence electrons. The number of nitrogens with zero attached hydrogens (tertiary/aromatic N) is 1. The van der Waals surface area contributed by atoms with Crippen molar-refractivity contribution in [3.8, 4) is 5.75 Å². The van der Waals surface area contributed by atoms with Gasteiger partial charge in [-0.25, -0.2) is 0 Å². The van der Waals surface area contributed by atoms with Gasteiger partial charge in [-0.3, -0.25) is 4.79 Å². The second kappa shape index (κ2) is 7.36. The highest BCUT2D eigenvalue weighted by atomic mass is 35.5. The Labute approximate surface area is 120 Å². The molecular weight excluding hydrogens is 264 g/mol. The maximum absolute atomic E-state index is 12.5. The van der Waals surface area contributed by atoms with E-state index in [9.17, 15) is 4.79 Å². The van der Waals surface area contributed by atoms with Crippen molar-refractivity contribution in [1.29, 1.82) is 0 Å². The van der Waals surface area contributed by atoms with Crippen LogP contribution < -0.4 is 10.5 Å². The van der Waals surface area contributed by atoms with Crippen molar-refractivity contribution in [2.24, 2.45) is 5.73 Å². The van der Waals surface area contributed by atoms with E-state index in [1.165, 1.54) is 0 Å². The van der Waals surface area contributed by atoms with Crippen LogP contribution in [0.15, 0.2) is 24.3 Å². The van der Waals surface area contributed by atoms with Crippen LogP contribution >= 0.6 is 12.4 Å². The Hall–Kier alpha value is -1.26. The van der Waals surface area contributed by atoms with E-state index >= 15 is 0 Å². The highest BCUT2D eigenvalue weighted by molar-refractivity contribution is 5.97. The third kappa shape index (κ3) is 3.39. The van der Waals surface area contributed by atoms with Crippen LogP contribution in [0.3, 0.4) is 0 Å². The number of ether oxygens (including phenoxy) is 1. The lowest BCUT2D eigenvalue weighted by atomic mass is 10.0. The number of likely N-dealkylation sites (tertiary alicyclic amines) is 1. The quantitative estimate of drug-likeness (QED) is 0.924. The molecule has 5 heteroatoms. The first kappa shape index (κ1) is 15.8. The minimum absolute atomic E-state index is 0. The Morgan fingerprint density at radius 2 is 2.16 bits per heavy atom. The number of hydrogen-bond acceptors (Lipinski definition) is 3. The second-order valence-corrected chi connectivity index (χ2v) is 4.58. The maximum atomic E-state index is 12.5. The highest BCUT2D eigenvalue weighted by Crippen LogP contribution is 2.24. The zero-order chi connectivity index (χ0) is 13.0. The molecule has 0 radical (unpaired) electrons. The van der Waals surface area contributed by atoms with Crippen LogP contribution in [-0.2, 0) is 0 Å². The molecule has 1 aromatic carbocycles. The third-order valence-electron chi connectivity index (χ3n) is 3.50. The van der Waals surface area contributed by atoms with Crippen LogP contribution in [-0.4, -0.2) is 37.0 Å². The highest BCUT2D eigenvalue weighted by Gasteiger charge is 2.27. The molecule has 4 nitrogen and oxygen atoms in total. The summed E-state index contributed by atoms with van der Waals surface area (Å²) in [7, 11) is 1.59. The van der Waals surface area contributed by atoms with Gasteiger partial charge >= 0.3 is 0 Å². The van der Waals surface area contributed by atoms with Crippen LogP contribution in [0.1, 0.15) is 29.6 Å². The molecule has 1 aliphatic rings. The molecular formula is C14H21ClN2O2. The van der Waals surface area contributed by atoms with Gasteiger partial charge in [-0.1, -0.05) is 12.1 Å². The van der Waals surface area contributed by atoms with Gasteiger partial charge in [0.25, 0.3) is 5.91 Å². The smallest absolute Gasteiger partial charge is 0.257 e. The van der Waals surface area contributed by atoms with E-state index < -0.39 is 0 Å². The number of piperidine rings is 1. The zero-order valence-electron chi connectivity index (χ0n) is 11.2. The lowest BCUT2D eigenvalue weighted by Gasteiger charge is -2.35. The number of hydrogen-bond donors (Lipinski definition) is 1. The van der Waals surface area contributed by atoms with Gasteiger partial charge in [0.15, 0.2) is 0 Å². The number of rotatable bonds is 3. The molecule has 1 aromatic rings. The van der Waals surface area contributed by atoms with Crippen LogP contribution in [0, 0.1) is 0 Å². The van der Waals surface area contributed by atoms with Gasteiger partial charge in [0.05, 0.1) is 12.7 Å². The number of methoxy groups -OCH3 is 1. The van der Waals surface area contributed by atoms with Crippen molar-refractivity contribution in [1.82, 2.24) is 4.90 Å². The molecule has 1 amide bonds. The molecule has 1 unspecified atom stereocenters. The lowest BCUT2D eigenvalue weighted by molar-refractivity contribution is 0.0620. The number of amides is 1. The van der Waals surface area contributed by atoms with Crippen LogP contribution in [0.25, 0.3) is 0 Å². The summed E-state index contributed by atoms with van der Waals surface area (Å²) in [6.45, 7) is 1.32. The summed E-state index contributed by atoms with van der Waals surface area (Å²) >= 11 is 0. The van der Waals surface area contributed by atoms with Gasteiger partial charge in [-0.15, -0.1) is 12.4 Å². The molecule has 0 spiro atoms. The fraction of sp³-hybridized carbons (Fsp3) is 0.500. The van der Waals surface area contributed by atoms with Gasteiger partial charge in [0.2, 0.25) is 0 Å². The third-order valence-corrected chi connectivity index (χ3v) is 3.50. The van der Waals surface area contributed by atoms with Crippen molar-refractivity contribution in [3.05, 3.63) is 29.8 Å². The Balaban J connectivity index is 0.00000180. The van der Waals surface area contributed by atoms with Gasteiger partial charge in [0.1, 0.15) is 5.75 Å². The first-order chi connectivity index (χ1) is 8.77. The molecule has 1 heterocycles. The minimum Gasteiger partial charge on any atom is -0.496 e. The summed E-state index contributed by atoms with van der Waals surface area (Å²) < 4.78 is 5.25. The first-order valence-corrected chi connectivity index (χ1v) is 6.42. The van der Waals surface area contributed by atoms with Crippen molar-refractivity contribution in [2.75, 3.05) is 20.2 Å². The summed E-state index contributed by atoms with van der Waals surface area (Å²) in [6.07, 6.45) is 3.20. The largest absolute Gasteiger partial charge is 0.496 e. The van der Waals surface area contributed by atoms with Crippen LogP contribution in [0.5, 0.6) is 5.75 Å². The Morgan fingerprint density at radius 3 is 2.84 bits per heavy atom. The van der Waals surface area contributed by atoms with E-state index in [2.05, 4.69) is 0 Å². The van der Waals surface area contributed by atoms with E-state index in [1.54, 1.807) is 7.11 Å². The standard InChI is InChI=1S/C14H20N2O2.ClH/c1-18-13-8-3-2-7-12(13)14(17)16-9-5-4-6-11(16)10-15;/h2-3,7-8,11H,4-6,9-10,15H2,1H3;1H. The number of para-hydroxylation sites is 1. The maximum Gasteiger partial charge on any atom is 0.257 e. The molecule has 1 atom stereocenters. The molecule has 0 bridgehead atoms. The molecule has 19 heavy (non-hydrogen) atoms. The van der Waals surface area contributed by atoms with Gasteiger partial charge in [-0.2, -0.15) is 0 Å². The van der Waals surface area contributed by atoms with E-state index in [4.69, 9.17) is 10.5 Å². The fourth-order valence-corrected chi connectivity index (χ4v) is 2.49. The zero-order valence-corrected chi connectivity index (χ0v) is 12.0. The summed E-state index contributed by atoms with van der Waals surface area (Å²) in [4.78, 5) is 14.4. The minimum atomic E-state index is 0. The van der Waals surface area contributed by atoms with Crippen LogP contribution in [0.2, 0.25) is 0 Å². The SMILES string of the molecule is COc1ccccc1C(=O)N1CCCCC1CN.Cl. The Kier molecular flexibility index (Phi) is 6.12. The number of halogens is 1. The molecule has 1 fully saturated rings. The fourth-order valence-electron chi connectivity index (χ4n) is 2.49. The normalized spacial score (nSPS) is 18.6. The molecule has 1 aliphatic heterocycles. The van der Waals surface area contributed by atoms with Crippen molar-refractivity contribution >= 4 is 18.3 Å². The lowest BCUT2D eigenvalue weighted by Crippen LogP contribution is -2.47. The van der Waals surface area contributed by atoms with Gasteiger partial charge < -0.3 is 15.4 Å². The Bertz CT molecular complexity index is 426. The van der Waals surface area contributed by atoms with Crippen molar-refractivity contribution in [2.45, 2.75) is 25.3 Å². The molecule has 2 rings (SSSR count). The summed E-state index contributed by atoms with van der Waals surface area (Å²) in [5, 5.41) is 0. The number of benzene rings is 1. The summed E-state index contributed by atoms with van der Waals surface area (Å²) in [5.41, 5.74) is 6.38. The van der Waals surface area contributed by atoms with E-state index in [1.807, 2.05) is 29.2 Å². The molecule has 2 N–H and O–H groups in total. The predicted octanol–water partition coefficient (Wildman–Crippen LogP) is 2.07. The topological polar surface area (TPSA) is 55.6 Å². The average molecular weight is 285 g/mol. The number of carbonyl (C=O) groups excluding carboxylic acids is 1. The number of carbonyl (C=O) groups is 1. The molecule has 0 aromatic heterocycles. The monoisotopic (exact) mass is 284 g/mol. The second-order valence-electron chi connectivity index (χ2n) is 4.58. The van der Waals surface area contributed by atoms with E-state index in [0.29, 0.717) is 17.9 Å². The molecule has 0 saturated carbocycles. The number of nitrogens with two attached hydrogens (primary N) is 1. The molecule has 1 saturated heterocycles. The summed E-state index contributed by atoms with van der Waals surface area (Å²) in [6, 6.07) is 7.51. The predicted molar refractivity (Wildman–Crippen MR) is 78.0 cm³/mol. The van der Waals surface area contributed by atoms with Crippen LogP contribution in [0.4, 0.5) is 0 Å². The van der Waals surface area contributed by atoms with Crippen molar-refractivity contribution in [3.63, 3.8) is 0 Å². The Morgan fingerprint density at radius 1 is 1.42 bits per heavy atom. The average Bonchev–Trinajstić information content (AvgIpc) is 2.46. The molecule has 0 aliphatic carbocycles. The first-order valence-electron chi connectivity index (χ1n) is 6.42. The summed E-state index contributed by atoms with van der Waals surface area (Å²) in [5.74, 6) is 0.659. The van der Waals surface area contributed by atoms with E-state index in [-0.39, 0.29) is 24.4 Å². The van der Waals surface area contributed by atoms with Crippen molar-refractivity contribution < 1.29 is 9.53 Å². The van der Waals surface area contributed by atoms with Gasteiger partial charge in [0, 0.05) is 19.1 Å². The van der Waals surface area contributed by atoms with Gasteiger partial charge in [-0.05, 0) is 31.4 Å². The van der Waals surface area contributed by atoms with E-state index in [0.717, 1.165) is 25.8 Å².